The third-order valence-corrected chi connectivity index (χ3v) is 5.75. The lowest BCUT2D eigenvalue weighted by Gasteiger charge is -2.36. The number of hydrogen-bond donors (Lipinski definition) is 1. The number of aromatic nitrogens is 2. The summed E-state index contributed by atoms with van der Waals surface area (Å²) in [6.45, 7) is 6.32. The summed E-state index contributed by atoms with van der Waals surface area (Å²) in [5, 5.41) is 2.91. The lowest BCUT2D eigenvalue weighted by atomic mass is 10.1. The molecule has 2 aliphatic heterocycles. The van der Waals surface area contributed by atoms with Gasteiger partial charge in [-0.1, -0.05) is 25.1 Å². The fourth-order valence-corrected chi connectivity index (χ4v) is 4.16. The summed E-state index contributed by atoms with van der Waals surface area (Å²) in [5.41, 5.74) is 2.54. The number of amides is 2. The number of nitrogens with one attached hydrogen (secondary N) is 1. The Bertz CT molecular complexity index is 869. The molecule has 2 aliphatic rings. The maximum Gasteiger partial charge on any atom is 0.290 e. The van der Waals surface area contributed by atoms with E-state index < -0.39 is 0 Å². The van der Waals surface area contributed by atoms with Crippen LogP contribution in [0.1, 0.15) is 53.0 Å². The summed E-state index contributed by atoms with van der Waals surface area (Å²) in [7, 11) is 0. The zero-order valence-corrected chi connectivity index (χ0v) is 17.1. The molecule has 0 bridgehead atoms. The van der Waals surface area contributed by atoms with Crippen LogP contribution >= 0.6 is 0 Å². The minimum absolute atomic E-state index is 0.0598. The van der Waals surface area contributed by atoms with Crippen LogP contribution in [0.4, 0.5) is 5.69 Å². The number of nitrogens with zero attached hydrogens (tertiary/aromatic N) is 4. The predicted octanol–water partition coefficient (Wildman–Crippen LogP) is 2.32. The first-order valence-electron chi connectivity index (χ1n) is 10.7. The van der Waals surface area contributed by atoms with Crippen molar-refractivity contribution in [2.45, 2.75) is 39.2 Å². The van der Waals surface area contributed by atoms with Crippen LogP contribution < -0.4 is 10.2 Å². The maximum absolute atomic E-state index is 13.3. The van der Waals surface area contributed by atoms with Crippen molar-refractivity contribution in [3.63, 3.8) is 0 Å². The summed E-state index contributed by atoms with van der Waals surface area (Å²) in [6.07, 6.45) is 3.72. The Balaban J connectivity index is 1.50. The maximum atomic E-state index is 13.3. The molecule has 4 rings (SSSR count). The summed E-state index contributed by atoms with van der Waals surface area (Å²) < 4.78 is 1.98. The van der Waals surface area contributed by atoms with Gasteiger partial charge in [0.1, 0.15) is 5.69 Å². The van der Waals surface area contributed by atoms with Crippen molar-refractivity contribution in [1.29, 1.82) is 0 Å². The minimum Gasteiger partial charge on any atom is -0.368 e. The number of anilines is 1. The van der Waals surface area contributed by atoms with Crippen molar-refractivity contribution in [1.82, 2.24) is 19.8 Å². The third kappa shape index (κ3) is 3.99. The van der Waals surface area contributed by atoms with E-state index in [9.17, 15) is 9.59 Å². The molecule has 0 saturated carbocycles. The highest BCUT2D eigenvalue weighted by Gasteiger charge is 2.31. The Morgan fingerprint density at radius 3 is 2.52 bits per heavy atom. The number of imidazole rings is 1. The average Bonchev–Trinajstić information content (AvgIpc) is 3.17. The third-order valence-electron chi connectivity index (χ3n) is 5.75. The molecule has 0 atom stereocenters. The van der Waals surface area contributed by atoms with Crippen LogP contribution in [0.15, 0.2) is 30.3 Å². The molecular weight excluding hydrogens is 366 g/mol. The van der Waals surface area contributed by atoms with Gasteiger partial charge in [0.2, 0.25) is 0 Å². The summed E-state index contributed by atoms with van der Waals surface area (Å²) in [5.74, 6) is 0.204. The monoisotopic (exact) mass is 395 g/mol. The van der Waals surface area contributed by atoms with Gasteiger partial charge in [-0.2, -0.15) is 0 Å². The molecule has 7 heteroatoms. The van der Waals surface area contributed by atoms with E-state index >= 15 is 0 Å². The Morgan fingerprint density at radius 2 is 1.79 bits per heavy atom. The predicted molar refractivity (Wildman–Crippen MR) is 112 cm³/mol. The van der Waals surface area contributed by atoms with E-state index in [4.69, 9.17) is 0 Å². The molecule has 1 saturated heterocycles. The van der Waals surface area contributed by atoms with Gasteiger partial charge in [-0.25, -0.2) is 4.98 Å². The molecule has 29 heavy (non-hydrogen) atoms. The van der Waals surface area contributed by atoms with Crippen LogP contribution in [-0.4, -0.2) is 59.0 Å². The van der Waals surface area contributed by atoms with Crippen LogP contribution in [0.3, 0.4) is 0 Å². The highest BCUT2D eigenvalue weighted by Crippen LogP contribution is 2.23. The molecule has 0 radical (unpaired) electrons. The molecule has 1 N–H and O–H groups in total. The SMILES string of the molecule is CCCNC(=O)c1nc(C(=O)N2CCN(c3ccccc3)CC2)n2c1CCCC2. The fraction of sp³-hybridized carbons (Fsp3) is 0.500. The Hall–Kier alpha value is -2.83. The molecule has 1 aromatic heterocycles. The van der Waals surface area contributed by atoms with Gasteiger partial charge in [-0.05, 0) is 37.8 Å². The standard InChI is InChI=1S/C22H29N5O2/c1-2-11-23-21(28)19-18-10-6-7-12-27(18)20(24-19)22(29)26-15-13-25(14-16-26)17-8-4-3-5-9-17/h3-5,8-9H,2,6-7,10-16H2,1H3,(H,23,28). The summed E-state index contributed by atoms with van der Waals surface area (Å²) >= 11 is 0. The zero-order chi connectivity index (χ0) is 20.2. The molecular formula is C22H29N5O2. The number of benzene rings is 1. The first-order chi connectivity index (χ1) is 14.2. The molecule has 0 aliphatic carbocycles. The smallest absolute Gasteiger partial charge is 0.290 e. The first-order valence-corrected chi connectivity index (χ1v) is 10.7. The second kappa shape index (κ2) is 8.68. The molecule has 3 heterocycles. The molecule has 1 aromatic carbocycles. The van der Waals surface area contributed by atoms with Gasteiger partial charge in [-0.3, -0.25) is 9.59 Å². The van der Waals surface area contributed by atoms with Crippen LogP contribution in [0.5, 0.6) is 0 Å². The van der Waals surface area contributed by atoms with Crippen molar-refractivity contribution in [2.75, 3.05) is 37.6 Å². The summed E-state index contributed by atoms with van der Waals surface area (Å²) in [6, 6.07) is 10.3. The molecule has 0 spiro atoms. The van der Waals surface area contributed by atoms with E-state index in [1.807, 2.05) is 34.6 Å². The lowest BCUT2D eigenvalue weighted by molar-refractivity contribution is 0.0728. The van der Waals surface area contributed by atoms with E-state index in [-0.39, 0.29) is 11.8 Å². The summed E-state index contributed by atoms with van der Waals surface area (Å²) in [4.78, 5) is 34.5. The quantitative estimate of drug-likeness (QED) is 0.844. The lowest BCUT2D eigenvalue weighted by Crippen LogP contribution is -2.49. The van der Waals surface area contributed by atoms with Gasteiger partial charge in [0, 0.05) is 45.0 Å². The zero-order valence-electron chi connectivity index (χ0n) is 17.1. The Labute approximate surface area is 171 Å². The number of rotatable bonds is 5. The Morgan fingerprint density at radius 1 is 1.03 bits per heavy atom. The largest absolute Gasteiger partial charge is 0.368 e. The van der Waals surface area contributed by atoms with Gasteiger partial charge in [0.25, 0.3) is 11.8 Å². The average molecular weight is 396 g/mol. The van der Waals surface area contributed by atoms with Crippen LogP contribution in [0, 0.1) is 0 Å². The van der Waals surface area contributed by atoms with Crippen LogP contribution in [0.25, 0.3) is 0 Å². The number of carbonyl (C=O) groups is 2. The van der Waals surface area contributed by atoms with Gasteiger partial charge in [0.15, 0.2) is 5.82 Å². The number of hydrogen-bond acceptors (Lipinski definition) is 4. The van der Waals surface area contributed by atoms with Crippen LogP contribution in [0.2, 0.25) is 0 Å². The molecule has 1 fully saturated rings. The molecule has 0 unspecified atom stereocenters. The van der Waals surface area contributed by atoms with E-state index in [0.717, 1.165) is 51.0 Å². The van der Waals surface area contributed by atoms with E-state index in [2.05, 4.69) is 27.3 Å². The number of carbonyl (C=O) groups excluding carboxylic acids is 2. The van der Waals surface area contributed by atoms with Crippen molar-refractivity contribution in [3.8, 4) is 0 Å². The van der Waals surface area contributed by atoms with Crippen molar-refractivity contribution in [3.05, 3.63) is 47.5 Å². The number of fused-ring (bicyclic) bond motifs is 1. The fourth-order valence-electron chi connectivity index (χ4n) is 4.16. The number of para-hydroxylation sites is 1. The van der Waals surface area contributed by atoms with Crippen LogP contribution in [-0.2, 0) is 13.0 Å². The normalized spacial score (nSPS) is 16.4. The van der Waals surface area contributed by atoms with E-state index in [0.29, 0.717) is 31.2 Å². The second-order valence-electron chi connectivity index (χ2n) is 7.71. The van der Waals surface area contributed by atoms with Crippen molar-refractivity contribution < 1.29 is 9.59 Å². The molecule has 2 aromatic rings. The van der Waals surface area contributed by atoms with Crippen molar-refractivity contribution >= 4 is 17.5 Å². The molecule has 154 valence electrons. The highest BCUT2D eigenvalue weighted by atomic mass is 16.2. The topological polar surface area (TPSA) is 70.5 Å². The van der Waals surface area contributed by atoms with Gasteiger partial charge in [-0.15, -0.1) is 0 Å². The van der Waals surface area contributed by atoms with Gasteiger partial charge in [0.05, 0.1) is 5.69 Å². The second-order valence-corrected chi connectivity index (χ2v) is 7.71. The van der Waals surface area contributed by atoms with Gasteiger partial charge < -0.3 is 19.7 Å². The first kappa shape index (κ1) is 19.5. The van der Waals surface area contributed by atoms with Gasteiger partial charge >= 0.3 is 0 Å². The molecule has 2 amide bonds. The highest BCUT2D eigenvalue weighted by molar-refractivity contribution is 5.97. The van der Waals surface area contributed by atoms with E-state index in [1.165, 1.54) is 5.69 Å². The minimum atomic E-state index is -0.162. The van der Waals surface area contributed by atoms with E-state index in [1.54, 1.807) is 0 Å². The Kier molecular flexibility index (Phi) is 5.83. The van der Waals surface area contributed by atoms with Crippen molar-refractivity contribution in [2.24, 2.45) is 0 Å². The molecule has 7 nitrogen and oxygen atoms in total. The number of piperazine rings is 1.